The summed E-state index contributed by atoms with van der Waals surface area (Å²) in [6.07, 6.45) is 72.8. The molecule has 0 aliphatic heterocycles. The highest BCUT2D eigenvalue weighted by Gasteiger charge is 2.18. The van der Waals surface area contributed by atoms with Crippen molar-refractivity contribution < 1.29 is 24.5 Å². The van der Waals surface area contributed by atoms with Crippen molar-refractivity contribution >= 4 is 11.9 Å². The summed E-state index contributed by atoms with van der Waals surface area (Å²) >= 11 is 0. The third-order valence-electron chi connectivity index (χ3n) is 13.6. The minimum absolute atomic E-state index is 0.0172. The van der Waals surface area contributed by atoms with Gasteiger partial charge in [-0.3, -0.25) is 9.59 Å². The van der Waals surface area contributed by atoms with E-state index in [1.165, 1.54) is 199 Å². The van der Waals surface area contributed by atoms with Gasteiger partial charge in [0.2, 0.25) is 5.91 Å². The Balaban J connectivity index is 3.51. The van der Waals surface area contributed by atoms with Crippen molar-refractivity contribution in [2.45, 2.75) is 321 Å². The molecule has 68 heavy (non-hydrogen) atoms. The number of hydrogen-bond acceptors (Lipinski definition) is 5. The van der Waals surface area contributed by atoms with Crippen molar-refractivity contribution in [1.82, 2.24) is 5.32 Å². The van der Waals surface area contributed by atoms with E-state index >= 15 is 0 Å². The molecule has 6 heteroatoms. The van der Waals surface area contributed by atoms with Crippen molar-refractivity contribution in [3.05, 3.63) is 48.6 Å². The molecule has 0 rings (SSSR count). The average molecular weight is 955 g/mol. The van der Waals surface area contributed by atoms with Crippen LogP contribution in [0.5, 0.6) is 0 Å². The molecule has 0 spiro atoms. The average Bonchev–Trinajstić information content (AvgIpc) is 3.34. The van der Waals surface area contributed by atoms with Gasteiger partial charge in [-0.25, -0.2) is 0 Å². The van der Waals surface area contributed by atoms with Crippen LogP contribution in [0.1, 0.15) is 309 Å². The first-order chi connectivity index (χ1) is 33.5. The van der Waals surface area contributed by atoms with Crippen LogP contribution in [0, 0.1) is 0 Å². The highest BCUT2D eigenvalue weighted by atomic mass is 16.5. The maximum absolute atomic E-state index is 12.4. The summed E-state index contributed by atoms with van der Waals surface area (Å²) in [6, 6.07) is -0.641. The fourth-order valence-electron chi connectivity index (χ4n) is 8.95. The number of aliphatic hydroxyl groups excluding tert-OH is 2. The molecular formula is C62H115NO5. The number of ether oxygens (including phenoxy) is 1. The first-order valence-electron chi connectivity index (χ1n) is 29.9. The number of carbonyl (C=O) groups is 2. The Bertz CT molecular complexity index is 1150. The van der Waals surface area contributed by atoms with Crippen LogP contribution in [0.4, 0.5) is 0 Å². The van der Waals surface area contributed by atoms with Gasteiger partial charge in [-0.2, -0.15) is 0 Å². The molecule has 0 saturated heterocycles. The summed E-state index contributed by atoms with van der Waals surface area (Å²) in [7, 11) is 0. The molecule has 0 aromatic carbocycles. The molecule has 0 aliphatic carbocycles. The largest absolute Gasteiger partial charge is 0.466 e. The van der Waals surface area contributed by atoms with Gasteiger partial charge in [0.05, 0.1) is 25.4 Å². The van der Waals surface area contributed by atoms with Crippen LogP contribution in [0.3, 0.4) is 0 Å². The van der Waals surface area contributed by atoms with Crippen molar-refractivity contribution in [2.24, 2.45) is 0 Å². The highest BCUT2D eigenvalue weighted by Crippen LogP contribution is 2.16. The molecule has 0 aromatic rings. The number of carbonyl (C=O) groups excluding carboxylic acids is 2. The summed E-state index contributed by atoms with van der Waals surface area (Å²) in [6.45, 7) is 4.86. The maximum atomic E-state index is 12.4. The minimum atomic E-state index is -0.856. The molecule has 2 unspecified atom stereocenters. The molecule has 0 fully saturated rings. The predicted octanol–water partition coefficient (Wildman–Crippen LogP) is 18.6. The number of allylic oxidation sites excluding steroid dienone is 7. The Hall–Kier alpha value is -2.18. The fraction of sp³-hybridized carbons (Fsp3) is 0.839. The summed E-state index contributed by atoms with van der Waals surface area (Å²) in [5.41, 5.74) is 0. The van der Waals surface area contributed by atoms with E-state index in [2.05, 4.69) is 55.6 Å². The van der Waals surface area contributed by atoms with Gasteiger partial charge in [0.1, 0.15) is 0 Å². The number of aliphatic hydroxyl groups is 2. The van der Waals surface area contributed by atoms with Crippen LogP contribution >= 0.6 is 0 Å². The zero-order chi connectivity index (χ0) is 49.3. The molecular weight excluding hydrogens is 839 g/mol. The number of hydrogen-bond donors (Lipinski definition) is 3. The lowest BCUT2D eigenvalue weighted by atomic mass is 10.0. The third kappa shape index (κ3) is 53.2. The third-order valence-corrected chi connectivity index (χ3v) is 13.6. The Labute approximate surface area is 423 Å². The van der Waals surface area contributed by atoms with Crippen LogP contribution in [-0.2, 0) is 14.3 Å². The van der Waals surface area contributed by atoms with Gasteiger partial charge < -0.3 is 20.3 Å². The molecule has 6 nitrogen and oxygen atoms in total. The molecule has 398 valence electrons. The number of rotatable bonds is 55. The van der Waals surface area contributed by atoms with Gasteiger partial charge in [0.15, 0.2) is 0 Å². The zero-order valence-electron chi connectivity index (χ0n) is 45.3. The fourth-order valence-corrected chi connectivity index (χ4v) is 8.95. The minimum Gasteiger partial charge on any atom is -0.466 e. The number of amides is 1. The number of esters is 1. The normalized spacial score (nSPS) is 12.9. The lowest BCUT2D eigenvalue weighted by Crippen LogP contribution is -2.45. The van der Waals surface area contributed by atoms with E-state index in [4.69, 9.17) is 4.74 Å². The Morgan fingerprint density at radius 1 is 0.412 bits per heavy atom. The van der Waals surface area contributed by atoms with Gasteiger partial charge in [0.25, 0.3) is 0 Å². The molecule has 0 aromatic heterocycles. The predicted molar refractivity (Wildman–Crippen MR) is 296 cm³/mol. The smallest absolute Gasteiger partial charge is 0.305 e. The first kappa shape index (κ1) is 65.8. The molecule has 3 N–H and O–H groups in total. The first-order valence-corrected chi connectivity index (χ1v) is 29.9. The van der Waals surface area contributed by atoms with E-state index in [0.717, 1.165) is 83.5 Å². The SMILES string of the molecule is CCCCCCCC/C=C\CCCCCCCCCCCC(=O)OCCCCC/C=C\C/C=C\CCCCCCCCCC(=O)NC(CO)C(O)/C=C/CCCCCCCCCCCCCCC. The number of nitrogens with one attached hydrogen (secondary N) is 1. The second kappa shape index (κ2) is 57.4. The van der Waals surface area contributed by atoms with Gasteiger partial charge in [-0.05, 0) is 96.3 Å². The van der Waals surface area contributed by atoms with Crippen molar-refractivity contribution in [3.63, 3.8) is 0 Å². The molecule has 0 heterocycles. The van der Waals surface area contributed by atoms with E-state index in [1.54, 1.807) is 6.08 Å². The van der Waals surface area contributed by atoms with Crippen LogP contribution in [0.2, 0.25) is 0 Å². The highest BCUT2D eigenvalue weighted by molar-refractivity contribution is 5.76. The topological polar surface area (TPSA) is 95.9 Å². The van der Waals surface area contributed by atoms with Gasteiger partial charge >= 0.3 is 5.97 Å². The summed E-state index contributed by atoms with van der Waals surface area (Å²) in [5, 5.41) is 23.1. The van der Waals surface area contributed by atoms with Crippen LogP contribution in [-0.4, -0.2) is 47.4 Å². The van der Waals surface area contributed by atoms with Crippen molar-refractivity contribution in [3.8, 4) is 0 Å². The summed E-state index contributed by atoms with van der Waals surface area (Å²) < 4.78 is 5.47. The number of unbranched alkanes of at least 4 members (excludes halogenated alkanes) is 38. The second-order valence-corrected chi connectivity index (χ2v) is 20.3. The van der Waals surface area contributed by atoms with Crippen LogP contribution < -0.4 is 5.32 Å². The van der Waals surface area contributed by atoms with E-state index in [0.29, 0.717) is 19.4 Å². The lowest BCUT2D eigenvalue weighted by Gasteiger charge is -2.20. The van der Waals surface area contributed by atoms with Gasteiger partial charge in [-0.1, -0.05) is 249 Å². The molecule has 0 aliphatic rings. The van der Waals surface area contributed by atoms with E-state index in [-0.39, 0.29) is 18.5 Å². The molecule has 0 saturated carbocycles. The monoisotopic (exact) mass is 954 g/mol. The van der Waals surface area contributed by atoms with Crippen molar-refractivity contribution in [1.29, 1.82) is 0 Å². The Morgan fingerprint density at radius 2 is 0.735 bits per heavy atom. The quantitative estimate of drug-likeness (QED) is 0.0321. The van der Waals surface area contributed by atoms with E-state index in [1.807, 2.05) is 6.08 Å². The molecule has 1 amide bonds. The molecule has 0 radical (unpaired) electrons. The Kier molecular flexibility index (Phi) is 55.6. The Morgan fingerprint density at radius 3 is 1.13 bits per heavy atom. The standard InChI is InChI=1S/C62H115NO5/c1-3-5-7-9-11-13-15-17-19-20-21-24-28-32-36-40-44-48-52-56-62(67)68-57-53-49-45-41-37-33-29-25-22-23-27-31-35-39-43-47-51-55-61(66)63-59(58-64)60(65)54-50-46-42-38-34-30-26-18-16-14-12-10-8-6-4-2/h17,19,22,25,33,37,50,54,59-60,64-65H,3-16,18,20-21,23-24,26-32,34-36,38-49,51-53,55-58H2,1-2H3,(H,63,66)/b19-17-,25-22-,37-33-,54-50+. The zero-order valence-corrected chi connectivity index (χ0v) is 45.3. The summed E-state index contributed by atoms with van der Waals surface area (Å²) in [4.78, 5) is 24.5. The van der Waals surface area contributed by atoms with Gasteiger partial charge in [0, 0.05) is 12.8 Å². The maximum Gasteiger partial charge on any atom is 0.305 e. The van der Waals surface area contributed by atoms with Crippen LogP contribution in [0.15, 0.2) is 48.6 Å². The van der Waals surface area contributed by atoms with Gasteiger partial charge in [-0.15, -0.1) is 0 Å². The molecule has 0 bridgehead atoms. The molecule has 2 atom stereocenters. The van der Waals surface area contributed by atoms with Crippen molar-refractivity contribution in [2.75, 3.05) is 13.2 Å². The van der Waals surface area contributed by atoms with Crippen LogP contribution in [0.25, 0.3) is 0 Å². The van der Waals surface area contributed by atoms with E-state index < -0.39 is 12.1 Å². The van der Waals surface area contributed by atoms with E-state index in [9.17, 15) is 19.8 Å². The summed E-state index contributed by atoms with van der Waals surface area (Å²) in [5.74, 6) is -0.101. The second-order valence-electron chi connectivity index (χ2n) is 20.3. The lowest BCUT2D eigenvalue weighted by molar-refractivity contribution is -0.143.